The molecule has 0 saturated carbocycles. The van der Waals surface area contributed by atoms with Crippen LogP contribution in [0.3, 0.4) is 0 Å². The maximum Gasteiger partial charge on any atom is 0.285 e. The first kappa shape index (κ1) is 11.7. The number of alkyl halides is 3. The Kier molecular flexibility index (Phi) is 3.72. The van der Waals surface area contributed by atoms with Crippen LogP contribution in [-0.4, -0.2) is 11.4 Å². The fraction of sp³-hybridized carbons (Fsp3) is 0.333. The third-order valence-corrected chi connectivity index (χ3v) is 2.87. The first-order chi connectivity index (χ1) is 6.39. The standard InChI is InChI=1S/C9H8ClF3S/c1-9(12,13)8(11)14-7-4-2-6(10)3-5-7/h2-5,8H,1H3. The van der Waals surface area contributed by atoms with E-state index in [1.807, 2.05) is 0 Å². The van der Waals surface area contributed by atoms with Crippen molar-refractivity contribution in [1.82, 2.24) is 0 Å². The fourth-order valence-corrected chi connectivity index (χ4v) is 1.60. The molecule has 0 spiro atoms. The van der Waals surface area contributed by atoms with E-state index in [1.54, 1.807) is 0 Å². The van der Waals surface area contributed by atoms with E-state index < -0.39 is 11.4 Å². The van der Waals surface area contributed by atoms with Crippen LogP contribution in [0.15, 0.2) is 29.2 Å². The van der Waals surface area contributed by atoms with Gasteiger partial charge >= 0.3 is 0 Å². The molecule has 0 radical (unpaired) electrons. The minimum absolute atomic E-state index is 0.434. The third kappa shape index (κ3) is 3.42. The number of hydrogen-bond acceptors (Lipinski definition) is 1. The molecule has 1 aromatic rings. The van der Waals surface area contributed by atoms with Crippen LogP contribution in [0.1, 0.15) is 6.92 Å². The van der Waals surface area contributed by atoms with Crippen molar-refractivity contribution in [2.24, 2.45) is 0 Å². The molecular formula is C9H8ClF3S. The highest BCUT2D eigenvalue weighted by atomic mass is 35.5. The van der Waals surface area contributed by atoms with Crippen molar-refractivity contribution in [2.45, 2.75) is 23.2 Å². The highest BCUT2D eigenvalue weighted by Gasteiger charge is 2.35. The minimum atomic E-state index is -3.33. The molecule has 0 aliphatic heterocycles. The van der Waals surface area contributed by atoms with Gasteiger partial charge in [0.05, 0.1) is 0 Å². The number of benzene rings is 1. The zero-order valence-corrected chi connectivity index (χ0v) is 8.88. The van der Waals surface area contributed by atoms with Gasteiger partial charge in [-0.05, 0) is 24.3 Å². The molecule has 0 aromatic heterocycles. The zero-order valence-electron chi connectivity index (χ0n) is 7.31. The molecule has 0 saturated heterocycles. The molecule has 0 amide bonds. The summed E-state index contributed by atoms with van der Waals surface area (Å²) < 4.78 is 37.8. The van der Waals surface area contributed by atoms with Gasteiger partial charge in [0.1, 0.15) is 0 Å². The van der Waals surface area contributed by atoms with Crippen LogP contribution in [-0.2, 0) is 0 Å². The summed E-state index contributed by atoms with van der Waals surface area (Å²) in [5.41, 5.74) is -2.23. The van der Waals surface area contributed by atoms with E-state index in [0.717, 1.165) is 0 Å². The summed E-state index contributed by atoms with van der Waals surface area (Å²) >= 11 is 6.07. The normalized spacial score (nSPS) is 14.1. The van der Waals surface area contributed by atoms with Crippen molar-refractivity contribution in [1.29, 1.82) is 0 Å². The molecule has 1 aromatic carbocycles. The second-order valence-electron chi connectivity index (χ2n) is 2.84. The summed E-state index contributed by atoms with van der Waals surface area (Å²) in [6, 6.07) is 6.07. The molecule has 5 heteroatoms. The quantitative estimate of drug-likeness (QED) is 0.707. The molecule has 0 heterocycles. The van der Waals surface area contributed by atoms with E-state index in [2.05, 4.69) is 0 Å². The van der Waals surface area contributed by atoms with Gasteiger partial charge in [0.15, 0.2) is 0 Å². The van der Waals surface area contributed by atoms with Crippen molar-refractivity contribution in [3.8, 4) is 0 Å². The maximum absolute atomic E-state index is 12.9. The Morgan fingerprint density at radius 2 is 1.79 bits per heavy atom. The monoisotopic (exact) mass is 240 g/mol. The molecule has 1 rings (SSSR count). The summed E-state index contributed by atoms with van der Waals surface area (Å²) in [6.45, 7) is 0.556. The van der Waals surface area contributed by atoms with Crippen LogP contribution >= 0.6 is 23.4 Å². The van der Waals surface area contributed by atoms with Crippen LogP contribution in [0.4, 0.5) is 13.2 Å². The predicted molar refractivity (Wildman–Crippen MR) is 52.8 cm³/mol. The van der Waals surface area contributed by atoms with Gasteiger partial charge in [-0.25, -0.2) is 13.2 Å². The second-order valence-corrected chi connectivity index (χ2v) is 4.40. The van der Waals surface area contributed by atoms with Gasteiger partial charge in [-0.15, -0.1) is 0 Å². The summed E-state index contributed by atoms with van der Waals surface area (Å²) in [5.74, 6) is -3.33. The smallest absolute Gasteiger partial charge is 0.229 e. The van der Waals surface area contributed by atoms with Gasteiger partial charge in [0.2, 0.25) is 5.50 Å². The maximum atomic E-state index is 12.9. The van der Waals surface area contributed by atoms with Crippen molar-refractivity contribution < 1.29 is 13.2 Å². The Balaban J connectivity index is 2.65. The highest BCUT2D eigenvalue weighted by Crippen LogP contribution is 2.34. The Bertz CT molecular complexity index is 294. The van der Waals surface area contributed by atoms with Gasteiger partial charge in [0, 0.05) is 16.8 Å². The van der Waals surface area contributed by atoms with Crippen LogP contribution < -0.4 is 0 Å². The van der Waals surface area contributed by atoms with E-state index in [0.29, 0.717) is 28.6 Å². The van der Waals surface area contributed by atoms with Gasteiger partial charge in [-0.1, -0.05) is 23.4 Å². The van der Waals surface area contributed by atoms with Crippen LogP contribution in [0.25, 0.3) is 0 Å². The predicted octanol–water partition coefficient (Wildman–Crippen LogP) is 4.38. The van der Waals surface area contributed by atoms with Crippen molar-refractivity contribution in [3.05, 3.63) is 29.3 Å². The minimum Gasteiger partial charge on any atom is -0.229 e. The topological polar surface area (TPSA) is 0 Å². The lowest BCUT2D eigenvalue weighted by Crippen LogP contribution is -2.22. The van der Waals surface area contributed by atoms with Gasteiger partial charge in [-0.2, -0.15) is 0 Å². The van der Waals surface area contributed by atoms with Gasteiger partial charge in [-0.3, -0.25) is 0 Å². The molecule has 0 aliphatic rings. The van der Waals surface area contributed by atoms with Gasteiger partial charge < -0.3 is 0 Å². The molecule has 1 atom stereocenters. The SMILES string of the molecule is CC(F)(F)C(F)Sc1ccc(Cl)cc1. The van der Waals surface area contributed by atoms with Gasteiger partial charge in [0.25, 0.3) is 5.92 Å². The molecule has 1 unspecified atom stereocenters. The largest absolute Gasteiger partial charge is 0.285 e. The zero-order chi connectivity index (χ0) is 10.8. The highest BCUT2D eigenvalue weighted by molar-refractivity contribution is 7.99. The number of thioether (sulfide) groups is 1. The molecule has 0 N–H and O–H groups in total. The van der Waals surface area contributed by atoms with Crippen molar-refractivity contribution in [2.75, 3.05) is 0 Å². The number of hydrogen-bond donors (Lipinski definition) is 0. The Morgan fingerprint density at radius 3 is 2.21 bits per heavy atom. The lowest BCUT2D eigenvalue weighted by Gasteiger charge is -2.14. The molecular weight excluding hydrogens is 233 g/mol. The van der Waals surface area contributed by atoms with Crippen LogP contribution in [0.2, 0.25) is 5.02 Å². The Hall–Kier alpha value is -0.350. The molecule has 14 heavy (non-hydrogen) atoms. The Morgan fingerprint density at radius 1 is 1.29 bits per heavy atom. The summed E-state index contributed by atoms with van der Waals surface area (Å²) in [5, 5.41) is 0.494. The third-order valence-electron chi connectivity index (χ3n) is 1.45. The summed E-state index contributed by atoms with van der Waals surface area (Å²) in [4.78, 5) is 0.434. The van der Waals surface area contributed by atoms with Crippen LogP contribution in [0.5, 0.6) is 0 Å². The van der Waals surface area contributed by atoms with E-state index in [9.17, 15) is 13.2 Å². The summed E-state index contributed by atoms with van der Waals surface area (Å²) in [6.07, 6.45) is 0. The first-order valence-corrected chi connectivity index (χ1v) is 5.09. The average molecular weight is 241 g/mol. The molecule has 0 aliphatic carbocycles. The van der Waals surface area contributed by atoms with E-state index in [1.165, 1.54) is 24.3 Å². The van der Waals surface area contributed by atoms with Crippen molar-refractivity contribution >= 4 is 23.4 Å². The first-order valence-electron chi connectivity index (χ1n) is 3.84. The molecule has 0 nitrogen and oxygen atoms in total. The number of rotatable bonds is 3. The van der Waals surface area contributed by atoms with E-state index in [4.69, 9.17) is 11.6 Å². The van der Waals surface area contributed by atoms with Crippen LogP contribution in [0, 0.1) is 0 Å². The fourth-order valence-electron chi connectivity index (χ4n) is 0.736. The van der Waals surface area contributed by atoms with Crippen molar-refractivity contribution in [3.63, 3.8) is 0 Å². The Labute approximate surface area is 89.4 Å². The van der Waals surface area contributed by atoms with E-state index in [-0.39, 0.29) is 0 Å². The number of halogens is 4. The van der Waals surface area contributed by atoms with E-state index >= 15 is 0 Å². The molecule has 78 valence electrons. The second kappa shape index (κ2) is 4.45. The average Bonchev–Trinajstić information content (AvgIpc) is 2.07. The molecule has 0 bridgehead atoms. The lowest BCUT2D eigenvalue weighted by molar-refractivity contribution is -0.0182. The molecule has 0 fully saturated rings. The summed E-state index contributed by atoms with van der Waals surface area (Å²) in [7, 11) is 0. The lowest BCUT2D eigenvalue weighted by atomic mass is 10.4.